The largest absolute Gasteiger partial charge is 0.455 e. The number of rotatable bonds is 9. The van der Waals surface area contributed by atoms with Crippen LogP contribution < -0.4 is 5.32 Å². The summed E-state index contributed by atoms with van der Waals surface area (Å²) >= 11 is 0. The fourth-order valence-corrected chi connectivity index (χ4v) is 6.29. The summed E-state index contributed by atoms with van der Waals surface area (Å²) in [7, 11) is 0. The van der Waals surface area contributed by atoms with E-state index in [0.29, 0.717) is 18.7 Å². The third-order valence-corrected chi connectivity index (χ3v) is 8.83. The number of allylic oxidation sites excluding steroid dienone is 1. The van der Waals surface area contributed by atoms with Crippen LogP contribution in [0.2, 0.25) is 0 Å². The third-order valence-electron chi connectivity index (χ3n) is 8.83. The van der Waals surface area contributed by atoms with E-state index in [-0.39, 0.29) is 49.2 Å². The van der Waals surface area contributed by atoms with Crippen molar-refractivity contribution in [1.82, 2.24) is 24.9 Å². The molecule has 53 heavy (non-hydrogen) atoms. The van der Waals surface area contributed by atoms with E-state index in [1.807, 2.05) is 4.90 Å². The first-order valence-electron chi connectivity index (χ1n) is 16.7. The number of hydrogen-bond donors (Lipinski definition) is 1. The number of nitrogens with zero attached hydrogens (tertiary/aromatic N) is 4. The molecule has 1 N–H and O–H groups in total. The Labute approximate surface area is 302 Å². The molecule has 9 nitrogen and oxygen atoms in total. The van der Waals surface area contributed by atoms with Gasteiger partial charge >= 0.3 is 18.4 Å². The van der Waals surface area contributed by atoms with Crippen LogP contribution in [0.25, 0.3) is 0 Å². The average Bonchev–Trinajstić information content (AvgIpc) is 3.54. The van der Waals surface area contributed by atoms with Gasteiger partial charge in [0.05, 0.1) is 31.2 Å². The Morgan fingerprint density at radius 1 is 0.887 bits per heavy atom. The fraction of sp³-hybridized carbons (Fsp3) is 0.405. The van der Waals surface area contributed by atoms with Crippen LogP contribution >= 0.6 is 0 Å². The Morgan fingerprint density at radius 3 is 2.13 bits per heavy atom. The molecule has 0 saturated carbocycles. The van der Waals surface area contributed by atoms with Gasteiger partial charge in [-0.1, -0.05) is 43.0 Å². The second-order valence-electron chi connectivity index (χ2n) is 13.8. The van der Waals surface area contributed by atoms with E-state index in [2.05, 4.69) is 11.9 Å². The number of carbonyl (C=O) groups is 2. The second kappa shape index (κ2) is 15.2. The van der Waals surface area contributed by atoms with Gasteiger partial charge in [0.2, 0.25) is 5.76 Å². The molecule has 0 spiro atoms. The van der Waals surface area contributed by atoms with Gasteiger partial charge in [-0.15, -0.1) is 0 Å². The third kappa shape index (κ3) is 9.33. The molecule has 1 saturated heterocycles. The van der Waals surface area contributed by atoms with Crippen LogP contribution in [-0.4, -0.2) is 69.9 Å². The lowest BCUT2D eigenvalue weighted by Gasteiger charge is -2.46. The van der Waals surface area contributed by atoms with Gasteiger partial charge in [0.1, 0.15) is 28.7 Å². The van der Waals surface area contributed by atoms with Crippen molar-refractivity contribution in [2.45, 2.75) is 64.8 Å². The minimum absolute atomic E-state index is 0.0449. The molecule has 2 aliphatic rings. The van der Waals surface area contributed by atoms with E-state index >= 15 is 4.39 Å². The number of ether oxygens (including phenoxy) is 1. The maximum absolute atomic E-state index is 15.2. The van der Waals surface area contributed by atoms with E-state index in [1.165, 1.54) is 22.8 Å². The Bertz CT molecular complexity index is 1840. The summed E-state index contributed by atoms with van der Waals surface area (Å²) in [5.74, 6) is -2.71. The van der Waals surface area contributed by atoms with Crippen molar-refractivity contribution >= 4 is 12.0 Å². The molecule has 2 aliphatic heterocycles. The standard InChI is InChI=1S/C37H40F7N5O4/c1-23-32(47-18-16-46(17-19-47)20-26-14-15-31(52-26)37(42,43)44)33(50)49(22-30(25-10-7-6-8-11-25)45-34(51)53-35(3,4)5)24(2)48(23)21-27-28(36(39,40)41)12-9-13-29(27)38/h6-15,30H,2,16-22H2,1,3-5H3,(H,45,51)/t30-/m0/s1. The molecule has 0 unspecified atom stereocenters. The highest BCUT2D eigenvalue weighted by molar-refractivity contribution is 5.96. The van der Waals surface area contributed by atoms with Crippen LogP contribution in [0.4, 0.5) is 35.5 Å². The number of alkyl halides is 6. The van der Waals surface area contributed by atoms with Crippen LogP contribution in [0.1, 0.15) is 61.9 Å². The summed E-state index contributed by atoms with van der Waals surface area (Å²) in [6.07, 6.45) is -10.3. The number of piperazine rings is 1. The molecule has 2 aromatic carbocycles. The van der Waals surface area contributed by atoms with Gasteiger partial charge in [0, 0.05) is 37.4 Å². The van der Waals surface area contributed by atoms with Crippen molar-refractivity contribution in [1.29, 1.82) is 0 Å². The number of furan rings is 1. The van der Waals surface area contributed by atoms with Crippen molar-refractivity contribution in [2.75, 3.05) is 32.7 Å². The maximum atomic E-state index is 15.2. The van der Waals surface area contributed by atoms with E-state index in [0.717, 1.165) is 24.3 Å². The first kappa shape index (κ1) is 39.2. The van der Waals surface area contributed by atoms with Crippen LogP contribution in [-0.2, 0) is 35.0 Å². The molecule has 0 aliphatic carbocycles. The molecule has 3 aromatic rings. The first-order valence-corrected chi connectivity index (χ1v) is 16.7. The molecule has 286 valence electrons. The molecule has 2 amide bonds. The monoisotopic (exact) mass is 751 g/mol. The lowest BCUT2D eigenvalue weighted by Crippen LogP contribution is -2.54. The van der Waals surface area contributed by atoms with Gasteiger partial charge < -0.3 is 24.3 Å². The molecule has 1 atom stereocenters. The summed E-state index contributed by atoms with van der Waals surface area (Å²) < 4.78 is 107. The molecule has 3 heterocycles. The lowest BCUT2D eigenvalue weighted by atomic mass is 10.0. The summed E-state index contributed by atoms with van der Waals surface area (Å²) in [6.45, 7) is 10.9. The van der Waals surface area contributed by atoms with Crippen molar-refractivity contribution < 1.29 is 49.5 Å². The normalized spacial score (nSPS) is 17.1. The number of halogens is 7. The summed E-state index contributed by atoms with van der Waals surface area (Å²) in [6, 6.07) is 12.6. The zero-order chi connectivity index (χ0) is 38.9. The van der Waals surface area contributed by atoms with Crippen LogP contribution in [0.15, 0.2) is 88.9 Å². The van der Waals surface area contributed by atoms with Crippen LogP contribution in [0, 0.1) is 5.82 Å². The van der Waals surface area contributed by atoms with E-state index in [4.69, 9.17) is 9.15 Å². The highest BCUT2D eigenvalue weighted by Crippen LogP contribution is 2.38. The number of amides is 2. The highest BCUT2D eigenvalue weighted by atomic mass is 19.4. The van der Waals surface area contributed by atoms with Crippen molar-refractivity contribution in [3.8, 4) is 0 Å². The SMILES string of the molecule is C=C1N(C[C@H](NC(=O)OC(C)(C)C)c2ccccc2)C(=O)C(N2CCN(Cc3ccc(C(F)(F)F)o3)CC2)=C(C)N1Cc1c(F)cccc1C(F)(F)F. The number of benzene rings is 2. The first-order chi connectivity index (χ1) is 24.7. The Balaban J connectivity index is 1.48. The molecule has 0 radical (unpaired) electrons. The molecule has 16 heteroatoms. The smallest absolute Gasteiger partial charge is 0.449 e. The molecule has 1 aromatic heterocycles. The highest BCUT2D eigenvalue weighted by Gasteiger charge is 2.41. The molecule has 0 bridgehead atoms. The minimum atomic E-state index is -4.88. The van der Waals surface area contributed by atoms with Gasteiger partial charge in [-0.25, -0.2) is 9.18 Å². The Kier molecular flexibility index (Phi) is 11.2. The molecule has 1 fully saturated rings. The van der Waals surface area contributed by atoms with Gasteiger partial charge in [-0.2, -0.15) is 26.3 Å². The second-order valence-corrected chi connectivity index (χ2v) is 13.8. The number of hydrogen-bond acceptors (Lipinski definition) is 7. The molecular weight excluding hydrogens is 711 g/mol. The Hall–Kier alpha value is -4.99. The van der Waals surface area contributed by atoms with Crippen LogP contribution in [0.5, 0.6) is 0 Å². The molecular formula is C37H40F7N5O4. The summed E-state index contributed by atoms with van der Waals surface area (Å²) in [5, 5.41) is 2.79. The van der Waals surface area contributed by atoms with Gasteiger partial charge in [0.25, 0.3) is 5.91 Å². The quantitative estimate of drug-likeness (QED) is 0.223. The van der Waals surface area contributed by atoms with Gasteiger partial charge in [-0.3, -0.25) is 14.6 Å². The summed E-state index contributed by atoms with van der Waals surface area (Å²) in [5.41, 5.74) is -1.76. The van der Waals surface area contributed by atoms with E-state index in [1.54, 1.807) is 56.0 Å². The topological polar surface area (TPSA) is 81.5 Å². The fourth-order valence-electron chi connectivity index (χ4n) is 6.29. The zero-order valence-corrected chi connectivity index (χ0v) is 29.6. The van der Waals surface area contributed by atoms with Gasteiger partial charge in [0.15, 0.2) is 0 Å². The number of carbonyl (C=O) groups excluding carboxylic acids is 2. The van der Waals surface area contributed by atoms with Crippen LogP contribution in [0.3, 0.4) is 0 Å². The predicted octanol–water partition coefficient (Wildman–Crippen LogP) is 7.89. The van der Waals surface area contributed by atoms with Crippen molar-refractivity contribution in [2.24, 2.45) is 0 Å². The molecule has 5 rings (SSSR count). The lowest BCUT2D eigenvalue weighted by molar-refractivity contribution is -0.153. The van der Waals surface area contributed by atoms with E-state index < -0.39 is 65.2 Å². The van der Waals surface area contributed by atoms with Crippen molar-refractivity contribution in [3.05, 3.63) is 118 Å². The summed E-state index contributed by atoms with van der Waals surface area (Å²) in [4.78, 5) is 33.6. The Morgan fingerprint density at radius 2 is 1.55 bits per heavy atom. The van der Waals surface area contributed by atoms with Gasteiger partial charge in [-0.05, 0) is 57.5 Å². The predicted molar refractivity (Wildman–Crippen MR) is 180 cm³/mol. The number of nitrogens with one attached hydrogen (secondary N) is 1. The maximum Gasteiger partial charge on any atom is 0.449 e. The zero-order valence-electron chi connectivity index (χ0n) is 29.6. The van der Waals surface area contributed by atoms with Crippen molar-refractivity contribution in [3.63, 3.8) is 0 Å². The minimum Gasteiger partial charge on any atom is -0.455 e. The number of alkyl carbamates (subject to hydrolysis) is 1. The van der Waals surface area contributed by atoms with E-state index in [9.17, 15) is 35.9 Å². The average molecular weight is 752 g/mol.